The van der Waals surface area contributed by atoms with Gasteiger partial charge in [0.2, 0.25) is 0 Å². The number of hydrogen-bond donors (Lipinski definition) is 1. The van der Waals surface area contributed by atoms with Crippen molar-refractivity contribution in [2.45, 2.75) is 38.6 Å². The maximum Gasteiger partial charge on any atom is 0.330 e. The maximum atomic E-state index is 11.3. The van der Waals surface area contributed by atoms with Gasteiger partial charge < -0.3 is 15.0 Å². The number of hydrogen-bond acceptors (Lipinski definition) is 5. The van der Waals surface area contributed by atoms with Crippen molar-refractivity contribution in [1.82, 2.24) is 9.88 Å². The van der Waals surface area contributed by atoms with Crippen molar-refractivity contribution in [2.24, 2.45) is 5.92 Å². The average molecular weight is 364 g/mol. The summed E-state index contributed by atoms with van der Waals surface area (Å²) in [5.74, 6) is 1.31. The first-order chi connectivity index (χ1) is 12.1. The molecule has 3 rings (SSSR count). The summed E-state index contributed by atoms with van der Waals surface area (Å²) in [6.07, 6.45) is 9.83. The molecule has 1 saturated heterocycles. The molecule has 0 spiro atoms. The second-order valence-corrected chi connectivity index (χ2v) is 7.25. The van der Waals surface area contributed by atoms with Crippen molar-refractivity contribution in [1.29, 1.82) is 0 Å². The largest absolute Gasteiger partial charge is 0.463 e. The van der Waals surface area contributed by atoms with Gasteiger partial charge in [-0.05, 0) is 56.2 Å². The van der Waals surface area contributed by atoms with Crippen LogP contribution in [-0.2, 0) is 9.53 Å². The van der Waals surface area contributed by atoms with Crippen molar-refractivity contribution in [2.75, 3.05) is 31.6 Å². The van der Waals surface area contributed by atoms with Gasteiger partial charge in [0, 0.05) is 37.9 Å². The molecule has 0 amide bonds. The predicted octanol–water partition coefficient (Wildman–Crippen LogP) is 3.60. The Balaban J connectivity index is 1.50. The van der Waals surface area contributed by atoms with Crippen molar-refractivity contribution < 1.29 is 9.53 Å². The highest BCUT2D eigenvalue weighted by atomic mass is 35.5. The van der Waals surface area contributed by atoms with Gasteiger partial charge in [0.15, 0.2) is 0 Å². The molecule has 1 N–H and O–H groups in total. The summed E-state index contributed by atoms with van der Waals surface area (Å²) in [6.45, 7) is 5.71. The minimum absolute atomic E-state index is 0.362. The van der Waals surface area contributed by atoms with Crippen molar-refractivity contribution in [3.63, 3.8) is 0 Å². The predicted molar refractivity (Wildman–Crippen MR) is 101 cm³/mol. The van der Waals surface area contributed by atoms with E-state index in [1.54, 1.807) is 19.2 Å². The smallest absolute Gasteiger partial charge is 0.330 e. The minimum Gasteiger partial charge on any atom is -0.463 e. The highest BCUT2D eigenvalue weighted by Crippen LogP contribution is 2.31. The van der Waals surface area contributed by atoms with Gasteiger partial charge in [-0.25, -0.2) is 9.78 Å². The summed E-state index contributed by atoms with van der Waals surface area (Å²) in [4.78, 5) is 18.3. The van der Waals surface area contributed by atoms with Gasteiger partial charge >= 0.3 is 5.97 Å². The van der Waals surface area contributed by atoms with E-state index in [2.05, 4.69) is 15.2 Å². The van der Waals surface area contributed by atoms with Crippen molar-refractivity contribution >= 4 is 29.5 Å². The number of esters is 1. The third kappa shape index (κ3) is 5.72. The van der Waals surface area contributed by atoms with Crippen molar-refractivity contribution in [3.8, 4) is 0 Å². The lowest BCUT2D eigenvalue weighted by molar-refractivity contribution is -0.137. The zero-order valence-electron chi connectivity index (χ0n) is 14.7. The topological polar surface area (TPSA) is 54.5 Å². The molecule has 0 bridgehead atoms. The molecular weight excluding hydrogens is 338 g/mol. The lowest BCUT2D eigenvalue weighted by Crippen LogP contribution is -2.40. The Kier molecular flexibility index (Phi) is 6.32. The number of carbonyl (C=O) groups excluding carboxylic acids is 1. The Morgan fingerprint density at radius 3 is 2.80 bits per heavy atom. The molecule has 1 aromatic heterocycles. The molecule has 136 valence electrons. The van der Waals surface area contributed by atoms with E-state index in [-0.39, 0.29) is 5.97 Å². The van der Waals surface area contributed by atoms with Gasteiger partial charge in [0.25, 0.3) is 0 Å². The standard InChI is InChI=1S/C19H26ClN3O2/c1-2-25-18(24)6-5-15-11-17(20)19(21-12-15)22-16-7-9-23(10-8-16)13-14-3-4-14/h5-6,11-12,14,16H,2-4,7-10,13H2,1H3,(H,21,22)/b6-5+. The molecule has 2 heterocycles. The molecule has 2 fully saturated rings. The summed E-state index contributed by atoms with van der Waals surface area (Å²) < 4.78 is 4.86. The van der Waals surface area contributed by atoms with E-state index in [1.165, 1.54) is 25.5 Å². The maximum absolute atomic E-state index is 11.3. The number of halogens is 1. The summed E-state index contributed by atoms with van der Waals surface area (Å²) in [7, 11) is 0. The Morgan fingerprint density at radius 2 is 2.16 bits per heavy atom. The Labute approximate surface area is 154 Å². The van der Waals surface area contributed by atoms with E-state index in [0.717, 1.165) is 43.2 Å². The molecule has 0 radical (unpaired) electrons. The second-order valence-electron chi connectivity index (χ2n) is 6.85. The summed E-state index contributed by atoms with van der Waals surface area (Å²) in [6, 6.07) is 2.23. The third-order valence-electron chi connectivity index (χ3n) is 4.70. The molecule has 0 atom stereocenters. The molecule has 0 unspecified atom stereocenters. The number of nitrogens with zero attached hydrogens (tertiary/aromatic N) is 2. The third-order valence-corrected chi connectivity index (χ3v) is 4.99. The van der Waals surface area contributed by atoms with Gasteiger partial charge in [0.05, 0.1) is 11.6 Å². The molecule has 0 aromatic carbocycles. The quantitative estimate of drug-likeness (QED) is 0.592. The first-order valence-electron chi connectivity index (χ1n) is 9.13. The lowest BCUT2D eigenvalue weighted by atomic mass is 10.0. The number of piperidine rings is 1. The van der Waals surface area contributed by atoms with E-state index < -0.39 is 0 Å². The Hall–Kier alpha value is -1.59. The SMILES string of the molecule is CCOC(=O)/C=C/c1cnc(NC2CCN(CC3CC3)CC2)c(Cl)c1. The summed E-state index contributed by atoms with van der Waals surface area (Å²) in [5, 5.41) is 4.04. The number of pyridine rings is 1. The normalized spacial score (nSPS) is 19.3. The Morgan fingerprint density at radius 1 is 1.40 bits per heavy atom. The fourth-order valence-electron chi connectivity index (χ4n) is 3.12. The van der Waals surface area contributed by atoms with Crippen LogP contribution in [0, 0.1) is 5.92 Å². The zero-order chi connectivity index (χ0) is 17.6. The van der Waals surface area contributed by atoms with Gasteiger partial charge in [-0.3, -0.25) is 0 Å². The monoisotopic (exact) mass is 363 g/mol. The van der Waals surface area contributed by atoms with Crippen LogP contribution in [0.25, 0.3) is 6.08 Å². The number of aromatic nitrogens is 1. The van der Waals surface area contributed by atoms with Gasteiger partial charge in [0.1, 0.15) is 5.82 Å². The van der Waals surface area contributed by atoms with Crippen LogP contribution in [0.2, 0.25) is 5.02 Å². The highest BCUT2D eigenvalue weighted by Gasteiger charge is 2.27. The van der Waals surface area contributed by atoms with Crippen LogP contribution in [0.5, 0.6) is 0 Å². The van der Waals surface area contributed by atoms with Crippen molar-refractivity contribution in [3.05, 3.63) is 28.9 Å². The fraction of sp³-hybridized carbons (Fsp3) is 0.579. The summed E-state index contributed by atoms with van der Waals surface area (Å²) >= 11 is 6.35. The van der Waals surface area contributed by atoms with E-state index in [1.807, 2.05) is 6.07 Å². The van der Waals surface area contributed by atoms with Crippen LogP contribution in [0.1, 0.15) is 38.2 Å². The first-order valence-corrected chi connectivity index (χ1v) is 9.51. The van der Waals surface area contributed by atoms with E-state index >= 15 is 0 Å². The molecule has 1 aliphatic carbocycles. The van der Waals surface area contributed by atoms with Gasteiger partial charge in [-0.1, -0.05) is 11.6 Å². The lowest BCUT2D eigenvalue weighted by Gasteiger charge is -2.32. The number of likely N-dealkylation sites (tertiary alicyclic amines) is 1. The number of nitrogens with one attached hydrogen (secondary N) is 1. The molecule has 6 heteroatoms. The van der Waals surface area contributed by atoms with Crippen LogP contribution < -0.4 is 5.32 Å². The summed E-state index contributed by atoms with van der Waals surface area (Å²) in [5.41, 5.74) is 0.780. The molecule has 5 nitrogen and oxygen atoms in total. The van der Waals surface area contributed by atoms with Gasteiger partial charge in [-0.15, -0.1) is 0 Å². The molecule has 1 aliphatic heterocycles. The van der Waals surface area contributed by atoms with Crippen LogP contribution in [-0.4, -0.2) is 48.1 Å². The zero-order valence-corrected chi connectivity index (χ0v) is 15.5. The highest BCUT2D eigenvalue weighted by molar-refractivity contribution is 6.33. The Bertz CT molecular complexity index is 623. The van der Waals surface area contributed by atoms with E-state index in [9.17, 15) is 4.79 Å². The number of ether oxygens (including phenoxy) is 1. The van der Waals surface area contributed by atoms with Crippen LogP contribution >= 0.6 is 11.6 Å². The fourth-order valence-corrected chi connectivity index (χ4v) is 3.35. The van der Waals surface area contributed by atoms with Crippen LogP contribution in [0.3, 0.4) is 0 Å². The average Bonchev–Trinajstić information content (AvgIpc) is 3.41. The molecule has 25 heavy (non-hydrogen) atoms. The van der Waals surface area contributed by atoms with Crippen LogP contribution in [0.15, 0.2) is 18.3 Å². The molecule has 1 aromatic rings. The van der Waals surface area contributed by atoms with Crippen LogP contribution in [0.4, 0.5) is 5.82 Å². The first kappa shape index (κ1) is 18.2. The van der Waals surface area contributed by atoms with E-state index in [4.69, 9.17) is 16.3 Å². The number of carbonyl (C=O) groups is 1. The molecule has 2 aliphatic rings. The minimum atomic E-state index is -0.362. The van der Waals surface area contributed by atoms with Gasteiger partial charge in [-0.2, -0.15) is 0 Å². The number of rotatable bonds is 7. The van der Waals surface area contributed by atoms with E-state index in [0.29, 0.717) is 17.7 Å². The molecular formula is C19H26ClN3O2. The number of anilines is 1. The second kappa shape index (κ2) is 8.68. The molecule has 1 saturated carbocycles.